The van der Waals surface area contributed by atoms with Gasteiger partial charge in [0, 0.05) is 12.2 Å². The minimum atomic E-state index is -1.91. The van der Waals surface area contributed by atoms with Crippen LogP contribution in [0.3, 0.4) is 0 Å². The lowest BCUT2D eigenvalue weighted by atomic mass is 10.1. The summed E-state index contributed by atoms with van der Waals surface area (Å²) in [6.07, 6.45) is -0.485. The molecular weight excluding hydrogens is 480 g/mol. The van der Waals surface area contributed by atoms with Gasteiger partial charge in [0.05, 0.1) is 16.6 Å². The molecule has 0 saturated carbocycles. The number of hydrogen-bond acceptors (Lipinski definition) is 9. The fraction of sp³-hybridized carbons (Fsp3) is 0.533. The second-order valence-corrected chi connectivity index (χ2v) is 8.93. The number of carboxylic acids is 3. The Morgan fingerprint density at radius 3 is 2.16 bits per heavy atom. The highest BCUT2D eigenvalue weighted by molar-refractivity contribution is 8.03. The molecule has 2 amide bonds. The Kier molecular flexibility index (Phi) is 13.7. The molecule has 0 fully saturated rings. The van der Waals surface area contributed by atoms with E-state index in [0.29, 0.717) is 0 Å². The number of carboxylic acid groups (broad SMARTS) is 3. The Labute approximate surface area is 188 Å². The van der Waals surface area contributed by atoms with Crippen LogP contribution in [0.5, 0.6) is 0 Å². The van der Waals surface area contributed by atoms with Crippen LogP contribution in [0.25, 0.3) is 0 Å². The first kappa shape index (κ1) is 28.8. The minimum Gasteiger partial charge on any atom is -0.480 e. The second-order valence-electron chi connectivity index (χ2n) is 5.93. The van der Waals surface area contributed by atoms with Gasteiger partial charge in [0.2, 0.25) is 11.8 Å². The van der Waals surface area contributed by atoms with E-state index in [1.54, 1.807) is 0 Å². The summed E-state index contributed by atoms with van der Waals surface area (Å²) in [6, 6.07) is -3.89. The Morgan fingerprint density at radius 2 is 1.65 bits per heavy atom. The lowest BCUT2D eigenvalue weighted by molar-refractivity contribution is -0.139. The Hall–Kier alpha value is -2.20. The van der Waals surface area contributed by atoms with E-state index in [4.69, 9.17) is 38.4 Å². The van der Waals surface area contributed by atoms with Crippen LogP contribution in [-0.2, 0) is 34.8 Å². The number of halogens is 1. The number of carbonyl (C=O) groups is 5. The Bertz CT molecular complexity index is 750. The number of aliphatic carboxylic acids is 3. The summed E-state index contributed by atoms with van der Waals surface area (Å²) in [4.78, 5) is 56.1. The molecular formula is C15H23ClN4O9S2. The zero-order valence-electron chi connectivity index (χ0n) is 16.0. The lowest BCUT2D eigenvalue weighted by Crippen LogP contribution is -2.49. The standard InChI is InChI=1S/C15H23ClN4O9S2/c16-10(31(29)6-8(18)15(27)28)5-30-4-9(13(24)19-3-12(22)23)20-11(21)2-1-7(17)14(25)26/h5,7-9H,1-4,6,17-18H2,(H,19,24)(H,20,21)(H,22,23)(H,25,26)(H,27,28)/b10-5+/t7-,8?,9-,31?/m0/s1. The molecule has 0 heterocycles. The van der Waals surface area contributed by atoms with Crippen LogP contribution in [0.2, 0.25) is 0 Å². The first-order valence-corrected chi connectivity index (χ1v) is 11.2. The van der Waals surface area contributed by atoms with Crippen LogP contribution in [-0.4, -0.2) is 85.4 Å². The number of nitrogens with two attached hydrogens (primary N) is 2. The van der Waals surface area contributed by atoms with E-state index in [1.807, 2.05) is 0 Å². The molecule has 0 aliphatic carbocycles. The normalized spacial score (nSPS) is 15.3. The van der Waals surface area contributed by atoms with Crippen LogP contribution in [0.1, 0.15) is 12.8 Å². The third-order valence-electron chi connectivity index (χ3n) is 3.37. The summed E-state index contributed by atoms with van der Waals surface area (Å²) >= 11 is 6.67. The van der Waals surface area contributed by atoms with E-state index in [1.165, 1.54) is 5.41 Å². The number of hydrogen-bond donors (Lipinski definition) is 7. The van der Waals surface area contributed by atoms with Gasteiger partial charge in [0.1, 0.15) is 29.0 Å². The van der Waals surface area contributed by atoms with E-state index in [2.05, 4.69) is 10.6 Å². The monoisotopic (exact) mass is 502 g/mol. The summed E-state index contributed by atoms with van der Waals surface area (Å²) < 4.78 is 11.7. The molecule has 2 unspecified atom stereocenters. The zero-order valence-corrected chi connectivity index (χ0v) is 18.4. The van der Waals surface area contributed by atoms with Crippen LogP contribution < -0.4 is 22.1 Å². The molecule has 0 aliphatic rings. The van der Waals surface area contributed by atoms with Crippen molar-refractivity contribution >= 4 is 63.9 Å². The first-order valence-electron chi connectivity index (χ1n) is 8.46. The molecule has 4 atom stereocenters. The molecule has 9 N–H and O–H groups in total. The molecule has 0 aromatic rings. The van der Waals surface area contributed by atoms with E-state index in [0.717, 1.165) is 11.8 Å². The van der Waals surface area contributed by atoms with E-state index >= 15 is 0 Å². The van der Waals surface area contributed by atoms with Gasteiger partial charge in [-0.15, -0.1) is 11.8 Å². The van der Waals surface area contributed by atoms with E-state index < -0.39 is 70.9 Å². The number of amides is 2. The molecule has 31 heavy (non-hydrogen) atoms. The SMILES string of the molecule is NC(CS(=O)/C(Cl)=C/SC[C@H](NC(=O)CC[C@H](N)C(=O)O)C(=O)NCC(=O)O)C(=O)O. The predicted molar refractivity (Wildman–Crippen MR) is 112 cm³/mol. The van der Waals surface area contributed by atoms with E-state index in [-0.39, 0.29) is 23.0 Å². The minimum absolute atomic E-state index is 0.152. The van der Waals surface area contributed by atoms with Gasteiger partial charge in [0.15, 0.2) is 0 Å². The number of carbonyl (C=O) groups excluding carboxylic acids is 2. The highest BCUT2D eigenvalue weighted by Gasteiger charge is 2.23. The fourth-order valence-corrected chi connectivity index (χ4v) is 4.02. The molecule has 176 valence electrons. The smallest absolute Gasteiger partial charge is 0.322 e. The average molecular weight is 503 g/mol. The molecule has 0 rings (SSSR count). The molecule has 13 nitrogen and oxygen atoms in total. The van der Waals surface area contributed by atoms with Crippen molar-refractivity contribution in [2.45, 2.75) is 31.0 Å². The number of nitrogens with one attached hydrogen (secondary N) is 2. The van der Waals surface area contributed by atoms with Crippen molar-refractivity contribution in [3.63, 3.8) is 0 Å². The number of thioether (sulfide) groups is 1. The molecule has 0 saturated heterocycles. The maximum absolute atomic E-state index is 12.1. The van der Waals surface area contributed by atoms with Gasteiger partial charge in [-0.3, -0.25) is 28.2 Å². The summed E-state index contributed by atoms with van der Waals surface area (Å²) in [5.41, 5.74) is 10.6. The fourth-order valence-electron chi connectivity index (χ4n) is 1.72. The van der Waals surface area contributed by atoms with Crippen LogP contribution in [0, 0.1) is 0 Å². The van der Waals surface area contributed by atoms with Crippen molar-refractivity contribution in [1.29, 1.82) is 0 Å². The average Bonchev–Trinajstić information content (AvgIpc) is 2.68. The lowest BCUT2D eigenvalue weighted by Gasteiger charge is -2.17. The zero-order chi connectivity index (χ0) is 24.1. The Morgan fingerprint density at radius 1 is 1.06 bits per heavy atom. The summed E-state index contributed by atoms with van der Waals surface area (Å²) in [6.45, 7) is -0.701. The third-order valence-corrected chi connectivity index (χ3v) is 6.42. The van der Waals surface area contributed by atoms with Gasteiger partial charge in [-0.2, -0.15) is 0 Å². The second kappa shape index (κ2) is 14.7. The number of rotatable bonds is 15. The van der Waals surface area contributed by atoms with Gasteiger partial charge < -0.3 is 37.4 Å². The highest BCUT2D eigenvalue weighted by Crippen LogP contribution is 2.16. The van der Waals surface area contributed by atoms with Crippen LogP contribution in [0.15, 0.2) is 9.77 Å². The van der Waals surface area contributed by atoms with Crippen molar-refractivity contribution in [3.8, 4) is 0 Å². The summed E-state index contributed by atoms with van der Waals surface area (Å²) in [5.74, 6) is -6.08. The van der Waals surface area contributed by atoms with E-state index in [9.17, 15) is 28.2 Å². The van der Waals surface area contributed by atoms with Gasteiger partial charge in [-0.05, 0) is 11.8 Å². The van der Waals surface area contributed by atoms with Crippen LogP contribution in [0.4, 0.5) is 0 Å². The summed E-state index contributed by atoms with van der Waals surface area (Å²) in [5, 5.41) is 31.7. The van der Waals surface area contributed by atoms with Gasteiger partial charge in [-0.1, -0.05) is 11.6 Å². The largest absolute Gasteiger partial charge is 0.480 e. The van der Waals surface area contributed by atoms with Crippen molar-refractivity contribution in [1.82, 2.24) is 10.6 Å². The van der Waals surface area contributed by atoms with Gasteiger partial charge in [-0.25, -0.2) is 0 Å². The first-order chi connectivity index (χ1) is 14.3. The van der Waals surface area contributed by atoms with Crippen LogP contribution >= 0.6 is 23.4 Å². The predicted octanol–water partition coefficient (Wildman–Crippen LogP) is -2.20. The van der Waals surface area contributed by atoms with Gasteiger partial charge >= 0.3 is 17.9 Å². The Balaban J connectivity index is 4.97. The summed E-state index contributed by atoms with van der Waals surface area (Å²) in [7, 11) is -1.91. The topological polar surface area (TPSA) is 239 Å². The maximum Gasteiger partial charge on any atom is 0.322 e. The quantitative estimate of drug-likeness (QED) is 0.126. The molecule has 16 heteroatoms. The van der Waals surface area contributed by atoms with Crippen molar-refractivity contribution in [2.75, 3.05) is 18.1 Å². The molecule has 0 bridgehead atoms. The molecule has 0 radical (unpaired) electrons. The van der Waals surface area contributed by atoms with Crippen molar-refractivity contribution in [2.24, 2.45) is 11.5 Å². The molecule has 0 aromatic carbocycles. The third kappa shape index (κ3) is 13.0. The molecule has 0 aliphatic heterocycles. The van der Waals surface area contributed by atoms with Crippen molar-refractivity contribution in [3.05, 3.63) is 9.77 Å². The molecule has 0 aromatic heterocycles. The highest BCUT2D eigenvalue weighted by atomic mass is 35.5. The van der Waals surface area contributed by atoms with Crippen molar-refractivity contribution < 1.29 is 43.5 Å². The molecule has 0 spiro atoms. The van der Waals surface area contributed by atoms with Gasteiger partial charge in [0.25, 0.3) is 0 Å². The maximum atomic E-state index is 12.1.